The SMILES string of the molecule is CCCN(C(=O)CCNC(=O)c1ccccc1)C1CCS(=O)(=O)C1. The molecule has 0 saturated carbocycles. The van der Waals surface area contributed by atoms with Gasteiger partial charge in [-0.3, -0.25) is 9.59 Å². The van der Waals surface area contributed by atoms with Crippen LogP contribution >= 0.6 is 0 Å². The van der Waals surface area contributed by atoms with Crippen molar-refractivity contribution in [3.05, 3.63) is 35.9 Å². The number of hydrogen-bond acceptors (Lipinski definition) is 4. The molecule has 132 valence electrons. The summed E-state index contributed by atoms with van der Waals surface area (Å²) >= 11 is 0. The van der Waals surface area contributed by atoms with Crippen LogP contribution < -0.4 is 5.32 Å². The molecule has 1 aromatic rings. The Morgan fingerprint density at radius 1 is 1.25 bits per heavy atom. The first-order valence-corrected chi connectivity index (χ1v) is 10.1. The normalized spacial score (nSPS) is 19.0. The average Bonchev–Trinajstić information content (AvgIpc) is 2.92. The largest absolute Gasteiger partial charge is 0.352 e. The van der Waals surface area contributed by atoms with Crippen molar-refractivity contribution in [2.24, 2.45) is 0 Å². The van der Waals surface area contributed by atoms with Crippen molar-refractivity contribution in [3.8, 4) is 0 Å². The standard InChI is InChI=1S/C17H24N2O4S/c1-2-11-19(15-9-12-24(22,23)13-15)16(20)8-10-18-17(21)14-6-4-3-5-7-14/h3-7,15H,2,8-13H2,1H3,(H,18,21). The molecule has 2 rings (SSSR count). The highest BCUT2D eigenvalue weighted by Crippen LogP contribution is 2.18. The summed E-state index contributed by atoms with van der Waals surface area (Å²) in [5.74, 6) is -0.119. The van der Waals surface area contributed by atoms with Crippen molar-refractivity contribution in [3.63, 3.8) is 0 Å². The molecule has 0 aliphatic carbocycles. The lowest BCUT2D eigenvalue weighted by Gasteiger charge is -2.28. The third-order valence-electron chi connectivity index (χ3n) is 4.09. The first-order valence-electron chi connectivity index (χ1n) is 8.26. The summed E-state index contributed by atoms with van der Waals surface area (Å²) in [5, 5.41) is 2.73. The van der Waals surface area contributed by atoms with Crippen molar-refractivity contribution >= 4 is 21.7 Å². The Morgan fingerprint density at radius 3 is 2.54 bits per heavy atom. The van der Waals surface area contributed by atoms with Gasteiger partial charge < -0.3 is 10.2 Å². The second-order valence-electron chi connectivity index (χ2n) is 6.02. The van der Waals surface area contributed by atoms with E-state index in [2.05, 4.69) is 5.32 Å². The molecule has 0 aromatic heterocycles. The van der Waals surface area contributed by atoms with Gasteiger partial charge in [-0.05, 0) is 25.0 Å². The van der Waals surface area contributed by atoms with Gasteiger partial charge >= 0.3 is 0 Å². The maximum atomic E-state index is 12.4. The molecule has 1 N–H and O–H groups in total. The van der Waals surface area contributed by atoms with E-state index in [0.717, 1.165) is 6.42 Å². The lowest BCUT2D eigenvalue weighted by molar-refractivity contribution is -0.132. The molecule has 1 fully saturated rings. The van der Waals surface area contributed by atoms with Crippen LogP contribution in [-0.2, 0) is 14.6 Å². The van der Waals surface area contributed by atoms with Crippen LogP contribution in [0.3, 0.4) is 0 Å². The number of benzene rings is 1. The van der Waals surface area contributed by atoms with Crippen LogP contribution in [0.4, 0.5) is 0 Å². The van der Waals surface area contributed by atoms with E-state index in [0.29, 0.717) is 18.5 Å². The number of sulfone groups is 1. The minimum absolute atomic E-state index is 0.0507. The van der Waals surface area contributed by atoms with Crippen LogP contribution in [0.15, 0.2) is 30.3 Å². The summed E-state index contributed by atoms with van der Waals surface area (Å²) < 4.78 is 23.3. The summed E-state index contributed by atoms with van der Waals surface area (Å²) in [4.78, 5) is 26.0. The van der Waals surface area contributed by atoms with Crippen LogP contribution in [0.1, 0.15) is 36.5 Å². The Labute approximate surface area is 143 Å². The fourth-order valence-corrected chi connectivity index (χ4v) is 4.62. The Morgan fingerprint density at radius 2 is 1.96 bits per heavy atom. The molecule has 1 aromatic carbocycles. The number of nitrogens with one attached hydrogen (secondary N) is 1. The number of amides is 2. The molecule has 1 unspecified atom stereocenters. The highest BCUT2D eigenvalue weighted by Gasteiger charge is 2.33. The minimum atomic E-state index is -3.03. The van der Waals surface area contributed by atoms with E-state index < -0.39 is 9.84 Å². The zero-order valence-electron chi connectivity index (χ0n) is 13.9. The number of carbonyl (C=O) groups is 2. The molecule has 1 aliphatic heterocycles. The van der Waals surface area contributed by atoms with E-state index in [1.807, 2.05) is 13.0 Å². The predicted octanol–water partition coefficient (Wildman–Crippen LogP) is 1.23. The van der Waals surface area contributed by atoms with Gasteiger partial charge in [0.25, 0.3) is 5.91 Å². The fourth-order valence-electron chi connectivity index (χ4n) is 2.89. The van der Waals surface area contributed by atoms with Crippen LogP contribution in [0, 0.1) is 0 Å². The molecular formula is C17H24N2O4S. The third-order valence-corrected chi connectivity index (χ3v) is 5.84. The highest BCUT2D eigenvalue weighted by atomic mass is 32.2. The predicted molar refractivity (Wildman–Crippen MR) is 92.5 cm³/mol. The lowest BCUT2D eigenvalue weighted by atomic mass is 10.2. The molecular weight excluding hydrogens is 328 g/mol. The molecule has 0 bridgehead atoms. The van der Waals surface area contributed by atoms with Gasteiger partial charge in [0.05, 0.1) is 11.5 Å². The minimum Gasteiger partial charge on any atom is -0.352 e. The van der Waals surface area contributed by atoms with Crippen LogP contribution in [0.5, 0.6) is 0 Å². The average molecular weight is 352 g/mol. The topological polar surface area (TPSA) is 83.6 Å². The summed E-state index contributed by atoms with van der Waals surface area (Å²) in [5.41, 5.74) is 0.553. The molecule has 0 spiro atoms. The molecule has 24 heavy (non-hydrogen) atoms. The Balaban J connectivity index is 1.86. The first kappa shape index (κ1) is 18.4. The molecule has 1 saturated heterocycles. The van der Waals surface area contributed by atoms with Crippen LogP contribution in [0.2, 0.25) is 0 Å². The maximum absolute atomic E-state index is 12.4. The summed E-state index contributed by atoms with van der Waals surface area (Å²) in [6.07, 6.45) is 1.46. The first-order chi connectivity index (χ1) is 11.4. The van der Waals surface area contributed by atoms with Crippen LogP contribution in [-0.4, -0.2) is 55.8 Å². The van der Waals surface area contributed by atoms with Gasteiger partial charge in [-0.1, -0.05) is 25.1 Å². The van der Waals surface area contributed by atoms with Gasteiger partial charge in [0.2, 0.25) is 5.91 Å². The van der Waals surface area contributed by atoms with E-state index in [4.69, 9.17) is 0 Å². The van der Waals surface area contributed by atoms with E-state index in [1.54, 1.807) is 29.2 Å². The fraction of sp³-hybridized carbons (Fsp3) is 0.529. The molecule has 2 amide bonds. The van der Waals surface area contributed by atoms with E-state index in [9.17, 15) is 18.0 Å². The molecule has 1 aliphatic rings. The number of carbonyl (C=O) groups excluding carboxylic acids is 2. The quantitative estimate of drug-likeness (QED) is 0.800. The Kier molecular flexibility index (Phi) is 6.36. The van der Waals surface area contributed by atoms with Gasteiger partial charge in [-0.2, -0.15) is 0 Å². The number of rotatable bonds is 7. The molecule has 1 heterocycles. The number of nitrogens with zero attached hydrogens (tertiary/aromatic N) is 1. The molecule has 0 radical (unpaired) electrons. The van der Waals surface area contributed by atoms with E-state index in [1.165, 1.54) is 0 Å². The van der Waals surface area contributed by atoms with E-state index in [-0.39, 0.29) is 42.3 Å². The number of hydrogen-bond donors (Lipinski definition) is 1. The van der Waals surface area contributed by atoms with Gasteiger partial charge in [0.1, 0.15) is 0 Å². The van der Waals surface area contributed by atoms with Crippen molar-refractivity contribution in [2.45, 2.75) is 32.2 Å². The monoisotopic (exact) mass is 352 g/mol. The summed E-state index contributed by atoms with van der Waals surface area (Å²) in [6, 6.07) is 8.59. The van der Waals surface area contributed by atoms with Gasteiger partial charge in [0, 0.05) is 31.1 Å². The molecule has 1 atom stereocenters. The second-order valence-corrected chi connectivity index (χ2v) is 8.24. The zero-order valence-corrected chi connectivity index (χ0v) is 14.7. The lowest BCUT2D eigenvalue weighted by Crippen LogP contribution is -2.42. The van der Waals surface area contributed by atoms with Crippen molar-refractivity contribution in [1.82, 2.24) is 10.2 Å². The van der Waals surface area contributed by atoms with Crippen LogP contribution in [0.25, 0.3) is 0 Å². The highest BCUT2D eigenvalue weighted by molar-refractivity contribution is 7.91. The maximum Gasteiger partial charge on any atom is 0.251 e. The van der Waals surface area contributed by atoms with Crippen molar-refractivity contribution in [1.29, 1.82) is 0 Å². The summed E-state index contributed by atoms with van der Waals surface area (Å²) in [6.45, 7) is 2.75. The Bertz CT molecular complexity index is 673. The molecule has 6 nitrogen and oxygen atoms in total. The molecule has 7 heteroatoms. The smallest absolute Gasteiger partial charge is 0.251 e. The third kappa shape index (κ3) is 5.06. The van der Waals surface area contributed by atoms with Crippen molar-refractivity contribution in [2.75, 3.05) is 24.6 Å². The summed E-state index contributed by atoms with van der Waals surface area (Å²) in [7, 11) is -3.03. The van der Waals surface area contributed by atoms with E-state index >= 15 is 0 Å². The zero-order chi connectivity index (χ0) is 17.6. The van der Waals surface area contributed by atoms with Gasteiger partial charge in [-0.25, -0.2) is 8.42 Å². The Hall–Kier alpha value is -1.89. The van der Waals surface area contributed by atoms with Gasteiger partial charge in [-0.15, -0.1) is 0 Å². The van der Waals surface area contributed by atoms with Crippen molar-refractivity contribution < 1.29 is 18.0 Å². The second kappa shape index (κ2) is 8.28. The van der Waals surface area contributed by atoms with Gasteiger partial charge in [0.15, 0.2) is 9.84 Å².